The van der Waals surface area contributed by atoms with Gasteiger partial charge in [0.2, 0.25) is 0 Å². The molecule has 18 heavy (non-hydrogen) atoms. The molecule has 0 heterocycles. The first-order chi connectivity index (χ1) is 8.20. The molecule has 0 atom stereocenters. The minimum atomic E-state index is 0. The average Bonchev–Trinajstić information content (AvgIpc) is 2.35. The highest BCUT2D eigenvalue weighted by Crippen LogP contribution is 2.26. The molecule has 0 radical (unpaired) electrons. The molecule has 3 nitrogen and oxygen atoms in total. The van der Waals surface area contributed by atoms with E-state index in [1.165, 1.54) is 0 Å². The molecule has 0 bridgehead atoms. The van der Waals surface area contributed by atoms with E-state index in [2.05, 4.69) is 0 Å². The maximum Gasteiger partial charge on any atom is 0.115 e. The Hall–Kier alpha value is -1.52. The maximum atomic E-state index is 9.25. The molecule has 0 amide bonds. The molecule has 0 fully saturated rings. The van der Waals surface area contributed by atoms with Gasteiger partial charge < -0.3 is 15.9 Å². The molecular weight excluding hydrogens is 294 g/mol. The van der Waals surface area contributed by atoms with Crippen LogP contribution in [-0.2, 0) is 0 Å². The van der Waals surface area contributed by atoms with Gasteiger partial charge in [0, 0.05) is 12.5 Å². The van der Waals surface area contributed by atoms with E-state index >= 15 is 0 Å². The van der Waals surface area contributed by atoms with Gasteiger partial charge in [-0.15, -0.1) is 17.0 Å². The van der Waals surface area contributed by atoms with Crippen molar-refractivity contribution in [1.29, 1.82) is 0 Å². The normalized spacial score (nSPS) is 10.1. The molecule has 96 valence electrons. The Morgan fingerprint density at radius 2 is 1.11 bits per heavy atom. The molecule has 2 rings (SSSR count). The summed E-state index contributed by atoms with van der Waals surface area (Å²) in [6.45, 7) is 0.482. The van der Waals surface area contributed by atoms with Gasteiger partial charge in [0.25, 0.3) is 0 Å². The van der Waals surface area contributed by atoms with Crippen molar-refractivity contribution >= 4 is 17.0 Å². The van der Waals surface area contributed by atoms with Gasteiger partial charge in [-0.3, -0.25) is 0 Å². The van der Waals surface area contributed by atoms with Crippen molar-refractivity contribution in [1.82, 2.24) is 0 Å². The molecular formula is C14H16BrNO2. The van der Waals surface area contributed by atoms with Crippen LogP contribution < -0.4 is 5.73 Å². The van der Waals surface area contributed by atoms with E-state index in [0.29, 0.717) is 6.54 Å². The number of aromatic hydroxyl groups is 2. The number of halogens is 1. The summed E-state index contributed by atoms with van der Waals surface area (Å²) in [4.78, 5) is 0. The average molecular weight is 310 g/mol. The lowest BCUT2D eigenvalue weighted by molar-refractivity contribution is 0.475. The predicted molar refractivity (Wildman–Crippen MR) is 77.4 cm³/mol. The van der Waals surface area contributed by atoms with Crippen LogP contribution in [0.5, 0.6) is 11.5 Å². The topological polar surface area (TPSA) is 66.5 Å². The van der Waals surface area contributed by atoms with Crippen LogP contribution >= 0.6 is 17.0 Å². The Labute approximate surface area is 117 Å². The monoisotopic (exact) mass is 309 g/mol. The zero-order chi connectivity index (χ0) is 12.3. The molecule has 0 aliphatic carbocycles. The number of phenols is 2. The SMILES string of the molecule is Br.NCC(c1ccc(O)cc1)c1ccc(O)cc1. The highest BCUT2D eigenvalue weighted by Gasteiger charge is 2.12. The van der Waals surface area contributed by atoms with Crippen molar-refractivity contribution in [2.45, 2.75) is 5.92 Å². The fraction of sp³-hybridized carbons (Fsp3) is 0.143. The Morgan fingerprint density at radius 3 is 1.39 bits per heavy atom. The van der Waals surface area contributed by atoms with Gasteiger partial charge in [-0.05, 0) is 35.4 Å². The van der Waals surface area contributed by atoms with Gasteiger partial charge in [-0.25, -0.2) is 0 Å². The molecule has 2 aromatic rings. The third-order valence-corrected chi connectivity index (χ3v) is 2.83. The summed E-state index contributed by atoms with van der Waals surface area (Å²) in [5.74, 6) is 0.571. The zero-order valence-corrected chi connectivity index (χ0v) is 11.5. The van der Waals surface area contributed by atoms with Crippen LogP contribution in [0.3, 0.4) is 0 Å². The summed E-state index contributed by atoms with van der Waals surface area (Å²) in [5, 5.41) is 18.5. The lowest BCUT2D eigenvalue weighted by Crippen LogP contribution is -2.13. The predicted octanol–water partition coefficient (Wildman–Crippen LogP) is 2.77. The third-order valence-electron chi connectivity index (χ3n) is 2.83. The van der Waals surface area contributed by atoms with Crippen molar-refractivity contribution < 1.29 is 10.2 Å². The van der Waals surface area contributed by atoms with Gasteiger partial charge in [0.05, 0.1) is 0 Å². The lowest BCUT2D eigenvalue weighted by atomic mass is 9.91. The van der Waals surface area contributed by atoms with Crippen molar-refractivity contribution in [2.75, 3.05) is 6.54 Å². The van der Waals surface area contributed by atoms with Gasteiger partial charge in [-0.2, -0.15) is 0 Å². The van der Waals surface area contributed by atoms with Crippen LogP contribution in [0, 0.1) is 0 Å². The largest absolute Gasteiger partial charge is 0.508 e. The van der Waals surface area contributed by atoms with Gasteiger partial charge >= 0.3 is 0 Å². The number of hydrogen-bond acceptors (Lipinski definition) is 3. The highest BCUT2D eigenvalue weighted by molar-refractivity contribution is 8.93. The van der Waals surface area contributed by atoms with Crippen molar-refractivity contribution in [3.05, 3.63) is 59.7 Å². The molecule has 0 saturated heterocycles. The standard InChI is InChI=1S/C14H15NO2.BrH/c15-9-14(10-1-5-12(16)6-2-10)11-3-7-13(17)8-4-11;/h1-8,14,16-17H,9,15H2;1H. The molecule has 0 aromatic heterocycles. The number of nitrogens with two attached hydrogens (primary N) is 1. The quantitative estimate of drug-likeness (QED) is 0.816. The van der Waals surface area contributed by atoms with Gasteiger partial charge in [0.1, 0.15) is 11.5 Å². The first kappa shape index (κ1) is 14.5. The van der Waals surface area contributed by atoms with E-state index in [4.69, 9.17) is 5.73 Å². The Bertz CT molecular complexity index is 437. The molecule has 4 heteroatoms. The van der Waals surface area contributed by atoms with E-state index in [9.17, 15) is 10.2 Å². The Balaban J connectivity index is 0.00000162. The van der Waals surface area contributed by atoms with Gasteiger partial charge in [0.15, 0.2) is 0 Å². The summed E-state index contributed by atoms with van der Waals surface area (Å²) >= 11 is 0. The van der Waals surface area contributed by atoms with Crippen LogP contribution in [0.4, 0.5) is 0 Å². The summed E-state index contributed by atoms with van der Waals surface area (Å²) in [5.41, 5.74) is 7.89. The van der Waals surface area contributed by atoms with Crippen molar-refractivity contribution in [3.63, 3.8) is 0 Å². The first-order valence-electron chi connectivity index (χ1n) is 5.48. The fourth-order valence-electron chi connectivity index (χ4n) is 1.88. The highest BCUT2D eigenvalue weighted by atomic mass is 79.9. The van der Waals surface area contributed by atoms with Crippen LogP contribution in [0.1, 0.15) is 17.0 Å². The number of phenolic OH excluding ortho intramolecular Hbond substituents is 2. The number of hydrogen-bond donors (Lipinski definition) is 3. The van der Waals surface area contributed by atoms with Crippen LogP contribution in [0.15, 0.2) is 48.5 Å². The molecule has 2 aromatic carbocycles. The van der Waals surface area contributed by atoms with E-state index in [0.717, 1.165) is 11.1 Å². The minimum Gasteiger partial charge on any atom is -0.508 e. The minimum absolute atomic E-state index is 0. The summed E-state index contributed by atoms with van der Waals surface area (Å²) < 4.78 is 0. The summed E-state index contributed by atoms with van der Waals surface area (Å²) in [6, 6.07) is 14.0. The van der Waals surface area contributed by atoms with E-state index in [1.807, 2.05) is 24.3 Å². The maximum absolute atomic E-state index is 9.25. The van der Waals surface area contributed by atoms with Gasteiger partial charge in [-0.1, -0.05) is 24.3 Å². The molecule has 4 N–H and O–H groups in total. The van der Waals surface area contributed by atoms with E-state index < -0.39 is 0 Å². The third kappa shape index (κ3) is 3.24. The summed E-state index contributed by atoms with van der Waals surface area (Å²) in [7, 11) is 0. The smallest absolute Gasteiger partial charge is 0.115 e. The molecule has 0 spiro atoms. The van der Waals surface area contributed by atoms with Crippen LogP contribution in [0.25, 0.3) is 0 Å². The van der Waals surface area contributed by atoms with E-state index in [-0.39, 0.29) is 34.4 Å². The van der Waals surface area contributed by atoms with Crippen LogP contribution in [-0.4, -0.2) is 16.8 Å². The lowest BCUT2D eigenvalue weighted by Gasteiger charge is -2.15. The molecule has 0 aliphatic heterocycles. The Kier molecular flexibility index (Phi) is 5.19. The second-order valence-corrected chi connectivity index (χ2v) is 3.97. The second kappa shape index (κ2) is 6.42. The molecule has 0 aliphatic rings. The number of benzene rings is 2. The zero-order valence-electron chi connectivity index (χ0n) is 9.78. The molecule has 0 saturated carbocycles. The van der Waals surface area contributed by atoms with E-state index in [1.54, 1.807) is 24.3 Å². The fourth-order valence-corrected chi connectivity index (χ4v) is 1.88. The van der Waals surface area contributed by atoms with Crippen LogP contribution in [0.2, 0.25) is 0 Å². The summed E-state index contributed by atoms with van der Waals surface area (Å²) in [6.07, 6.45) is 0. The first-order valence-corrected chi connectivity index (χ1v) is 5.48. The Morgan fingerprint density at radius 1 is 0.778 bits per heavy atom. The molecule has 0 unspecified atom stereocenters. The number of rotatable bonds is 3. The second-order valence-electron chi connectivity index (χ2n) is 3.97. The van der Waals surface area contributed by atoms with Crippen molar-refractivity contribution in [2.24, 2.45) is 5.73 Å². The van der Waals surface area contributed by atoms with Crippen molar-refractivity contribution in [3.8, 4) is 11.5 Å².